The SMILES string of the molecule is [C-]#[N+]c1cc(Br)cnc1N1CC(=NOC)C1. The van der Waals surface area contributed by atoms with E-state index >= 15 is 0 Å². The lowest BCUT2D eigenvalue weighted by molar-refractivity contribution is 0.211. The van der Waals surface area contributed by atoms with Gasteiger partial charge in [0.15, 0.2) is 0 Å². The fourth-order valence-electron chi connectivity index (χ4n) is 1.48. The third-order valence-electron chi connectivity index (χ3n) is 2.20. The Morgan fingerprint density at radius 3 is 3.00 bits per heavy atom. The second-order valence-electron chi connectivity index (χ2n) is 3.30. The first-order valence-electron chi connectivity index (χ1n) is 4.61. The van der Waals surface area contributed by atoms with Gasteiger partial charge >= 0.3 is 0 Å². The molecule has 0 aromatic carbocycles. The van der Waals surface area contributed by atoms with Gasteiger partial charge in [-0.2, -0.15) is 0 Å². The van der Waals surface area contributed by atoms with Crippen molar-refractivity contribution in [1.29, 1.82) is 0 Å². The summed E-state index contributed by atoms with van der Waals surface area (Å²) in [5.74, 6) is 0.702. The van der Waals surface area contributed by atoms with Crippen LogP contribution < -0.4 is 4.90 Å². The largest absolute Gasteiger partial charge is 0.399 e. The summed E-state index contributed by atoms with van der Waals surface area (Å²) < 4.78 is 0.813. The van der Waals surface area contributed by atoms with E-state index in [2.05, 4.69) is 35.8 Å². The molecule has 16 heavy (non-hydrogen) atoms. The van der Waals surface area contributed by atoms with Gasteiger partial charge in [-0.25, -0.2) is 9.83 Å². The number of anilines is 1. The van der Waals surface area contributed by atoms with Gasteiger partial charge in [-0.05, 0) is 6.07 Å². The summed E-state index contributed by atoms with van der Waals surface area (Å²) in [4.78, 5) is 14.3. The van der Waals surface area contributed by atoms with Crippen LogP contribution in [0, 0.1) is 6.57 Å². The van der Waals surface area contributed by atoms with Crippen molar-refractivity contribution in [2.75, 3.05) is 25.1 Å². The van der Waals surface area contributed by atoms with Crippen LogP contribution in [-0.4, -0.2) is 30.9 Å². The Morgan fingerprint density at radius 2 is 2.38 bits per heavy atom. The lowest BCUT2D eigenvalue weighted by Crippen LogP contribution is -2.48. The highest BCUT2D eigenvalue weighted by atomic mass is 79.9. The van der Waals surface area contributed by atoms with Crippen LogP contribution in [0.4, 0.5) is 11.5 Å². The molecule has 0 amide bonds. The second-order valence-corrected chi connectivity index (χ2v) is 4.22. The predicted octanol–water partition coefficient (Wildman–Crippen LogP) is 2.22. The van der Waals surface area contributed by atoms with E-state index in [1.165, 1.54) is 7.11 Å². The lowest BCUT2D eigenvalue weighted by atomic mass is 10.2. The van der Waals surface area contributed by atoms with Crippen molar-refractivity contribution in [2.24, 2.45) is 5.16 Å². The molecule has 0 unspecified atom stereocenters. The van der Waals surface area contributed by atoms with Crippen molar-refractivity contribution in [2.45, 2.75) is 0 Å². The molecule has 0 bridgehead atoms. The molecule has 0 atom stereocenters. The average Bonchev–Trinajstić information content (AvgIpc) is 2.23. The summed E-state index contributed by atoms with van der Waals surface area (Å²) >= 11 is 3.29. The van der Waals surface area contributed by atoms with Crippen LogP contribution in [0.3, 0.4) is 0 Å². The van der Waals surface area contributed by atoms with Gasteiger partial charge in [-0.15, -0.1) is 0 Å². The standard InChI is InChI=1S/C10H9BrN4O/c1-12-9-3-7(11)4-13-10(9)15-5-8(6-15)14-16-2/h3-4H,5-6H2,2H3. The molecule has 1 fully saturated rings. The predicted molar refractivity (Wildman–Crippen MR) is 64.9 cm³/mol. The maximum atomic E-state index is 7.09. The molecule has 0 aliphatic carbocycles. The van der Waals surface area contributed by atoms with E-state index in [1.807, 2.05) is 4.90 Å². The van der Waals surface area contributed by atoms with Gasteiger partial charge < -0.3 is 9.74 Å². The van der Waals surface area contributed by atoms with Crippen LogP contribution in [-0.2, 0) is 4.84 Å². The third kappa shape index (κ3) is 1.99. The number of aromatic nitrogens is 1. The summed E-state index contributed by atoms with van der Waals surface area (Å²) in [5.41, 5.74) is 1.51. The molecule has 1 saturated heterocycles. The smallest absolute Gasteiger partial charge is 0.229 e. The van der Waals surface area contributed by atoms with Gasteiger partial charge in [0.2, 0.25) is 5.69 Å². The Labute approximate surface area is 102 Å². The van der Waals surface area contributed by atoms with Gasteiger partial charge in [0.1, 0.15) is 12.9 Å². The fourth-order valence-corrected chi connectivity index (χ4v) is 1.80. The minimum Gasteiger partial charge on any atom is -0.399 e. The highest BCUT2D eigenvalue weighted by molar-refractivity contribution is 9.10. The highest BCUT2D eigenvalue weighted by Crippen LogP contribution is 2.31. The monoisotopic (exact) mass is 280 g/mol. The molecule has 6 heteroatoms. The number of nitrogens with zero attached hydrogens (tertiary/aromatic N) is 4. The van der Waals surface area contributed by atoms with Gasteiger partial charge in [-0.1, -0.05) is 21.1 Å². The van der Waals surface area contributed by atoms with Crippen molar-refractivity contribution < 1.29 is 4.84 Å². The van der Waals surface area contributed by atoms with Gasteiger partial charge in [0.05, 0.1) is 25.4 Å². The van der Waals surface area contributed by atoms with Crippen LogP contribution in [0.5, 0.6) is 0 Å². The van der Waals surface area contributed by atoms with E-state index in [0.29, 0.717) is 24.6 Å². The molecule has 0 spiro atoms. The number of rotatable bonds is 2. The minimum atomic E-state index is 0.547. The Morgan fingerprint density at radius 1 is 1.62 bits per heavy atom. The van der Waals surface area contributed by atoms with Crippen LogP contribution in [0.2, 0.25) is 0 Å². The Kier molecular flexibility index (Phi) is 3.06. The summed E-state index contributed by atoms with van der Waals surface area (Å²) in [6, 6.07) is 1.76. The molecule has 1 aliphatic rings. The molecule has 5 nitrogen and oxygen atoms in total. The fraction of sp³-hybridized carbons (Fsp3) is 0.300. The molecule has 82 valence electrons. The first kappa shape index (κ1) is 10.9. The molecule has 1 aliphatic heterocycles. The zero-order chi connectivity index (χ0) is 11.5. The number of hydrogen-bond donors (Lipinski definition) is 0. The minimum absolute atomic E-state index is 0.547. The van der Waals surface area contributed by atoms with E-state index in [-0.39, 0.29) is 0 Å². The normalized spacial score (nSPS) is 14.1. The first-order chi connectivity index (χ1) is 7.74. The van der Waals surface area contributed by atoms with Crippen LogP contribution in [0.1, 0.15) is 0 Å². The lowest BCUT2D eigenvalue weighted by Gasteiger charge is -2.33. The van der Waals surface area contributed by atoms with Crippen molar-refractivity contribution in [3.8, 4) is 0 Å². The second kappa shape index (κ2) is 4.49. The van der Waals surface area contributed by atoms with Crippen molar-refractivity contribution in [1.82, 2.24) is 4.98 Å². The number of halogens is 1. The molecule has 0 N–H and O–H groups in total. The van der Waals surface area contributed by atoms with Crippen LogP contribution in [0.25, 0.3) is 4.85 Å². The molecular formula is C10H9BrN4O. The van der Waals surface area contributed by atoms with E-state index in [0.717, 1.165) is 10.2 Å². The summed E-state index contributed by atoms with van der Waals surface area (Å²) in [5, 5.41) is 3.84. The van der Waals surface area contributed by atoms with Crippen LogP contribution in [0.15, 0.2) is 21.9 Å². The maximum Gasteiger partial charge on any atom is 0.229 e. The topological polar surface area (TPSA) is 42.1 Å². The molecule has 2 rings (SSSR count). The molecule has 1 aromatic rings. The van der Waals surface area contributed by atoms with Crippen molar-refractivity contribution >= 4 is 33.1 Å². The quantitative estimate of drug-likeness (QED) is 0.616. The van der Waals surface area contributed by atoms with E-state index in [1.54, 1.807) is 12.3 Å². The van der Waals surface area contributed by atoms with Gasteiger partial charge in [0.25, 0.3) is 0 Å². The zero-order valence-corrected chi connectivity index (χ0v) is 10.2. The number of oxime groups is 1. The molecular weight excluding hydrogens is 272 g/mol. The molecule has 0 radical (unpaired) electrons. The Bertz CT molecular complexity index is 472. The van der Waals surface area contributed by atoms with E-state index in [4.69, 9.17) is 6.57 Å². The summed E-state index contributed by atoms with van der Waals surface area (Å²) in [7, 11) is 1.53. The third-order valence-corrected chi connectivity index (χ3v) is 2.63. The van der Waals surface area contributed by atoms with Crippen LogP contribution >= 0.6 is 15.9 Å². The molecule has 1 aromatic heterocycles. The first-order valence-corrected chi connectivity index (χ1v) is 5.40. The molecule has 0 saturated carbocycles. The summed E-state index contributed by atoms with van der Waals surface area (Å²) in [6.07, 6.45) is 1.69. The van der Waals surface area contributed by atoms with Gasteiger partial charge in [0, 0.05) is 10.7 Å². The summed E-state index contributed by atoms with van der Waals surface area (Å²) in [6.45, 7) is 8.43. The van der Waals surface area contributed by atoms with Gasteiger partial charge in [-0.3, -0.25) is 0 Å². The average molecular weight is 281 g/mol. The Balaban J connectivity index is 2.18. The zero-order valence-electron chi connectivity index (χ0n) is 8.64. The van der Waals surface area contributed by atoms with E-state index < -0.39 is 0 Å². The molecule has 2 heterocycles. The maximum absolute atomic E-state index is 7.09. The van der Waals surface area contributed by atoms with E-state index in [9.17, 15) is 0 Å². The highest BCUT2D eigenvalue weighted by Gasteiger charge is 2.25. The van der Waals surface area contributed by atoms with Crippen molar-refractivity contribution in [3.05, 3.63) is 28.2 Å². The Hall–Kier alpha value is -1.61. The number of hydrogen-bond acceptors (Lipinski definition) is 4. The number of pyridine rings is 1. The van der Waals surface area contributed by atoms with Crippen molar-refractivity contribution in [3.63, 3.8) is 0 Å².